The molecule has 0 saturated heterocycles. The Morgan fingerprint density at radius 3 is 2.22 bits per heavy atom. The number of carboxylic acid groups (broad SMARTS) is 1. The maximum atomic E-state index is 12.3. The molecule has 138 valence electrons. The van der Waals surface area contributed by atoms with Gasteiger partial charge in [0.05, 0.1) is 5.56 Å². The zero-order valence-corrected chi connectivity index (χ0v) is 16.1. The molecule has 0 atom stereocenters. The summed E-state index contributed by atoms with van der Waals surface area (Å²) in [5.74, 6) is -1.19. The fourth-order valence-electron chi connectivity index (χ4n) is 2.91. The Morgan fingerprint density at radius 1 is 0.963 bits per heavy atom. The van der Waals surface area contributed by atoms with Crippen LogP contribution in [0.4, 0.5) is 5.00 Å². The zero-order chi connectivity index (χ0) is 19.4. The average molecular weight is 379 g/mol. The predicted molar refractivity (Wildman–Crippen MR) is 110 cm³/mol. The maximum absolute atomic E-state index is 12.3. The van der Waals surface area contributed by atoms with Crippen molar-refractivity contribution < 1.29 is 14.7 Å². The van der Waals surface area contributed by atoms with Gasteiger partial charge < -0.3 is 10.4 Å². The van der Waals surface area contributed by atoms with Gasteiger partial charge in [-0.05, 0) is 42.5 Å². The molecule has 0 aliphatic carbocycles. The number of thiophene rings is 1. The van der Waals surface area contributed by atoms with Crippen molar-refractivity contribution in [3.8, 4) is 11.1 Å². The summed E-state index contributed by atoms with van der Waals surface area (Å²) in [5, 5.41) is 12.5. The van der Waals surface area contributed by atoms with Gasteiger partial charge >= 0.3 is 5.97 Å². The minimum Gasteiger partial charge on any atom is -0.478 e. The second kappa shape index (κ2) is 8.18. The molecule has 2 aromatic carbocycles. The number of nitrogens with one attached hydrogen (secondary N) is 1. The van der Waals surface area contributed by atoms with Crippen LogP contribution in [-0.4, -0.2) is 17.0 Å². The van der Waals surface area contributed by atoms with Crippen molar-refractivity contribution in [2.75, 3.05) is 5.32 Å². The van der Waals surface area contributed by atoms with Gasteiger partial charge in [0.15, 0.2) is 0 Å². The van der Waals surface area contributed by atoms with E-state index in [0.717, 1.165) is 21.6 Å². The molecule has 5 heteroatoms. The summed E-state index contributed by atoms with van der Waals surface area (Å²) < 4.78 is 0. The summed E-state index contributed by atoms with van der Waals surface area (Å²) >= 11 is 1.31. The number of aryl methyl sites for hydroxylation is 2. The number of amides is 1. The molecule has 2 N–H and O–H groups in total. The van der Waals surface area contributed by atoms with Gasteiger partial charge in [-0.15, -0.1) is 11.3 Å². The van der Waals surface area contributed by atoms with Crippen LogP contribution in [0.2, 0.25) is 0 Å². The Bertz CT molecular complexity index is 959. The maximum Gasteiger partial charge on any atom is 0.338 e. The number of carbonyl (C=O) groups excluding carboxylic acids is 1. The third kappa shape index (κ3) is 4.44. The molecule has 1 aromatic heterocycles. The summed E-state index contributed by atoms with van der Waals surface area (Å²) in [4.78, 5) is 24.6. The van der Waals surface area contributed by atoms with Gasteiger partial charge in [0.2, 0.25) is 5.91 Å². The lowest BCUT2D eigenvalue weighted by atomic mass is 10.0. The highest BCUT2D eigenvalue weighted by Crippen LogP contribution is 2.32. The molecular formula is C22H21NO3S. The second-order valence-electron chi connectivity index (χ2n) is 6.40. The third-order valence-corrected chi connectivity index (χ3v) is 5.68. The fourth-order valence-corrected chi connectivity index (χ4v) is 3.98. The van der Waals surface area contributed by atoms with E-state index in [1.807, 2.05) is 37.3 Å². The standard InChI is InChI=1S/C22H21NO3S/c1-14-15(2)27-21(20(14)22(25)26)23-19(24)13-10-16-8-11-18(12-9-16)17-6-4-3-5-7-17/h3-9,11-12H,10,13H2,1-2H3,(H,23,24)(H,25,26). The van der Waals surface area contributed by atoms with Crippen LogP contribution in [0.5, 0.6) is 0 Å². The van der Waals surface area contributed by atoms with Gasteiger partial charge in [0.25, 0.3) is 0 Å². The average Bonchev–Trinajstić information content (AvgIpc) is 2.94. The van der Waals surface area contributed by atoms with E-state index in [1.54, 1.807) is 6.92 Å². The van der Waals surface area contributed by atoms with Gasteiger partial charge in [-0.2, -0.15) is 0 Å². The van der Waals surface area contributed by atoms with Crippen molar-refractivity contribution in [1.82, 2.24) is 0 Å². The molecule has 1 amide bonds. The van der Waals surface area contributed by atoms with Gasteiger partial charge in [-0.3, -0.25) is 4.79 Å². The minimum absolute atomic E-state index is 0.175. The zero-order valence-electron chi connectivity index (χ0n) is 15.3. The lowest BCUT2D eigenvalue weighted by Gasteiger charge is -2.06. The number of carboxylic acids is 1. The molecule has 0 radical (unpaired) electrons. The molecule has 0 unspecified atom stereocenters. The summed E-state index contributed by atoms with van der Waals surface area (Å²) in [7, 11) is 0. The Hall–Kier alpha value is -2.92. The Labute approximate surface area is 162 Å². The van der Waals surface area contributed by atoms with Crippen LogP contribution in [0.15, 0.2) is 54.6 Å². The molecule has 0 fully saturated rings. The molecule has 4 nitrogen and oxygen atoms in total. The molecule has 0 spiro atoms. The minimum atomic E-state index is -1.01. The van der Waals surface area contributed by atoms with E-state index in [4.69, 9.17) is 0 Å². The number of aromatic carboxylic acids is 1. The first-order chi connectivity index (χ1) is 13.0. The normalized spacial score (nSPS) is 10.6. The van der Waals surface area contributed by atoms with Gasteiger partial charge in [0.1, 0.15) is 5.00 Å². The Kier molecular flexibility index (Phi) is 5.72. The van der Waals surface area contributed by atoms with Crippen molar-refractivity contribution in [3.05, 3.63) is 76.2 Å². The van der Waals surface area contributed by atoms with E-state index >= 15 is 0 Å². The van der Waals surface area contributed by atoms with Crippen molar-refractivity contribution in [3.63, 3.8) is 0 Å². The van der Waals surface area contributed by atoms with Gasteiger partial charge in [-0.1, -0.05) is 54.6 Å². The molecular weight excluding hydrogens is 358 g/mol. The smallest absolute Gasteiger partial charge is 0.338 e. The molecule has 0 aliphatic rings. The topological polar surface area (TPSA) is 66.4 Å². The van der Waals surface area contributed by atoms with E-state index < -0.39 is 5.97 Å². The number of rotatable bonds is 6. The Morgan fingerprint density at radius 2 is 1.59 bits per heavy atom. The molecule has 1 heterocycles. The van der Waals surface area contributed by atoms with Crippen molar-refractivity contribution in [2.24, 2.45) is 0 Å². The Balaban J connectivity index is 1.61. The molecule has 0 saturated carbocycles. The van der Waals surface area contributed by atoms with Crippen LogP contribution in [-0.2, 0) is 11.2 Å². The monoisotopic (exact) mass is 379 g/mol. The lowest BCUT2D eigenvalue weighted by molar-refractivity contribution is -0.116. The van der Waals surface area contributed by atoms with E-state index in [2.05, 4.69) is 29.6 Å². The van der Waals surface area contributed by atoms with Crippen LogP contribution in [0.3, 0.4) is 0 Å². The highest BCUT2D eigenvalue weighted by atomic mass is 32.1. The molecule has 27 heavy (non-hydrogen) atoms. The highest BCUT2D eigenvalue weighted by molar-refractivity contribution is 7.16. The second-order valence-corrected chi connectivity index (χ2v) is 7.63. The van der Waals surface area contributed by atoms with E-state index in [1.165, 1.54) is 11.3 Å². The van der Waals surface area contributed by atoms with Gasteiger partial charge in [-0.25, -0.2) is 4.79 Å². The first-order valence-corrected chi connectivity index (χ1v) is 9.55. The number of hydrogen-bond donors (Lipinski definition) is 2. The van der Waals surface area contributed by atoms with Crippen LogP contribution in [0.1, 0.15) is 32.8 Å². The fraction of sp³-hybridized carbons (Fsp3) is 0.182. The van der Waals surface area contributed by atoms with E-state index in [0.29, 0.717) is 23.4 Å². The van der Waals surface area contributed by atoms with Crippen LogP contribution < -0.4 is 5.32 Å². The van der Waals surface area contributed by atoms with E-state index in [-0.39, 0.29) is 11.5 Å². The quantitative estimate of drug-likeness (QED) is 0.611. The lowest BCUT2D eigenvalue weighted by Crippen LogP contribution is -2.14. The van der Waals surface area contributed by atoms with Crippen LogP contribution >= 0.6 is 11.3 Å². The summed E-state index contributed by atoms with van der Waals surface area (Å²) in [6.07, 6.45) is 0.909. The first kappa shape index (κ1) is 18.9. The number of benzene rings is 2. The molecule has 3 aromatic rings. The van der Waals surface area contributed by atoms with Gasteiger partial charge in [0, 0.05) is 11.3 Å². The summed E-state index contributed by atoms with van der Waals surface area (Å²) in [6.45, 7) is 3.62. The number of anilines is 1. The first-order valence-electron chi connectivity index (χ1n) is 8.73. The van der Waals surface area contributed by atoms with E-state index in [9.17, 15) is 14.7 Å². The summed E-state index contributed by atoms with van der Waals surface area (Å²) in [5.41, 5.74) is 4.27. The van der Waals surface area contributed by atoms with Crippen molar-refractivity contribution in [2.45, 2.75) is 26.7 Å². The number of hydrogen-bond acceptors (Lipinski definition) is 3. The van der Waals surface area contributed by atoms with Crippen LogP contribution in [0.25, 0.3) is 11.1 Å². The molecule has 0 bridgehead atoms. The third-order valence-electron chi connectivity index (χ3n) is 4.55. The predicted octanol–water partition coefficient (Wildman–Crippen LogP) is 5.30. The van der Waals surface area contributed by atoms with Crippen molar-refractivity contribution >= 4 is 28.2 Å². The molecule has 3 rings (SSSR count). The van der Waals surface area contributed by atoms with Crippen molar-refractivity contribution in [1.29, 1.82) is 0 Å². The SMILES string of the molecule is Cc1sc(NC(=O)CCc2ccc(-c3ccccc3)cc2)c(C(=O)O)c1C. The number of carbonyl (C=O) groups is 2. The highest BCUT2D eigenvalue weighted by Gasteiger charge is 2.20. The largest absolute Gasteiger partial charge is 0.478 e. The molecule has 0 aliphatic heterocycles. The van der Waals surface area contributed by atoms with Crippen LogP contribution in [0, 0.1) is 13.8 Å². The summed E-state index contributed by atoms with van der Waals surface area (Å²) in [6, 6.07) is 18.3.